The second-order valence-corrected chi connectivity index (χ2v) is 6.43. The first-order chi connectivity index (χ1) is 8.05. The van der Waals surface area contributed by atoms with Crippen molar-refractivity contribution in [3.05, 3.63) is 0 Å². The first-order valence-corrected chi connectivity index (χ1v) is 7.23. The number of hydrogen-bond donors (Lipinski definition) is 1. The summed E-state index contributed by atoms with van der Waals surface area (Å²) in [6, 6.07) is 1.16. The van der Waals surface area contributed by atoms with Crippen molar-refractivity contribution in [2.45, 2.75) is 51.6 Å². The van der Waals surface area contributed by atoms with E-state index in [2.05, 4.69) is 30.7 Å². The Balaban J connectivity index is 1.91. The van der Waals surface area contributed by atoms with Crippen molar-refractivity contribution in [2.24, 2.45) is 11.1 Å². The minimum atomic E-state index is 0.369. The van der Waals surface area contributed by atoms with Gasteiger partial charge in [0.1, 0.15) is 0 Å². The minimum Gasteiger partial charge on any atom is -0.327 e. The molecule has 3 nitrogen and oxygen atoms in total. The van der Waals surface area contributed by atoms with Crippen LogP contribution in [0.15, 0.2) is 0 Å². The summed E-state index contributed by atoms with van der Waals surface area (Å²) in [6.07, 6.45) is 5.12. The van der Waals surface area contributed by atoms with Crippen LogP contribution in [0.4, 0.5) is 0 Å². The van der Waals surface area contributed by atoms with Crippen LogP contribution in [0.1, 0.15) is 39.5 Å². The molecule has 100 valence electrons. The molecule has 0 aromatic carbocycles. The van der Waals surface area contributed by atoms with Gasteiger partial charge in [-0.1, -0.05) is 20.3 Å². The molecule has 1 aliphatic heterocycles. The summed E-state index contributed by atoms with van der Waals surface area (Å²) >= 11 is 0. The van der Waals surface area contributed by atoms with Crippen LogP contribution in [-0.2, 0) is 0 Å². The van der Waals surface area contributed by atoms with Gasteiger partial charge in [-0.2, -0.15) is 0 Å². The van der Waals surface area contributed by atoms with Crippen molar-refractivity contribution in [1.29, 1.82) is 0 Å². The van der Waals surface area contributed by atoms with Gasteiger partial charge in [-0.05, 0) is 31.7 Å². The Bertz CT molecular complexity index is 256. The summed E-state index contributed by atoms with van der Waals surface area (Å²) in [5.74, 6) is 0. The van der Waals surface area contributed by atoms with Crippen molar-refractivity contribution >= 4 is 0 Å². The fourth-order valence-electron chi connectivity index (χ4n) is 3.56. The van der Waals surface area contributed by atoms with Crippen molar-refractivity contribution in [3.8, 4) is 0 Å². The Kier molecular flexibility index (Phi) is 4.11. The van der Waals surface area contributed by atoms with E-state index in [-0.39, 0.29) is 0 Å². The van der Waals surface area contributed by atoms with Crippen LogP contribution in [-0.4, -0.2) is 55.1 Å². The van der Waals surface area contributed by atoms with Crippen LogP contribution in [0.2, 0.25) is 0 Å². The van der Waals surface area contributed by atoms with Gasteiger partial charge in [-0.15, -0.1) is 0 Å². The standard InChI is InChI=1S/C14H29N3/c1-4-12-10-17(9-8-16(12)3)11-14(2)7-5-6-13(14)15/h12-13H,4-11,15H2,1-3H3. The molecule has 0 aromatic rings. The molecule has 1 saturated heterocycles. The molecule has 1 aliphatic carbocycles. The molecule has 3 unspecified atom stereocenters. The van der Waals surface area contributed by atoms with E-state index >= 15 is 0 Å². The third kappa shape index (κ3) is 2.83. The number of nitrogens with two attached hydrogens (primary N) is 1. The molecule has 0 bridgehead atoms. The van der Waals surface area contributed by atoms with E-state index in [0.29, 0.717) is 11.5 Å². The largest absolute Gasteiger partial charge is 0.327 e. The van der Waals surface area contributed by atoms with Crippen LogP contribution in [0.5, 0.6) is 0 Å². The Morgan fingerprint density at radius 3 is 2.71 bits per heavy atom. The van der Waals surface area contributed by atoms with Gasteiger partial charge in [0.05, 0.1) is 0 Å². The Morgan fingerprint density at radius 2 is 2.12 bits per heavy atom. The maximum atomic E-state index is 6.29. The summed E-state index contributed by atoms with van der Waals surface area (Å²) in [4.78, 5) is 5.16. The van der Waals surface area contributed by atoms with Crippen molar-refractivity contribution in [1.82, 2.24) is 9.80 Å². The topological polar surface area (TPSA) is 32.5 Å². The lowest BCUT2D eigenvalue weighted by Crippen LogP contribution is -2.54. The molecule has 2 aliphatic rings. The SMILES string of the molecule is CCC1CN(CC2(C)CCCC2N)CCN1C. The van der Waals surface area contributed by atoms with Gasteiger partial charge in [0.15, 0.2) is 0 Å². The molecule has 1 saturated carbocycles. The molecular formula is C14H29N3. The van der Waals surface area contributed by atoms with Gasteiger partial charge >= 0.3 is 0 Å². The number of hydrogen-bond acceptors (Lipinski definition) is 3. The average Bonchev–Trinajstić information content (AvgIpc) is 2.62. The van der Waals surface area contributed by atoms with E-state index < -0.39 is 0 Å². The minimum absolute atomic E-state index is 0.369. The summed E-state index contributed by atoms with van der Waals surface area (Å²) in [7, 11) is 2.26. The van der Waals surface area contributed by atoms with E-state index in [1.54, 1.807) is 0 Å². The Hall–Kier alpha value is -0.120. The van der Waals surface area contributed by atoms with E-state index in [9.17, 15) is 0 Å². The molecule has 2 N–H and O–H groups in total. The maximum absolute atomic E-state index is 6.29. The summed E-state index contributed by atoms with van der Waals surface area (Å²) < 4.78 is 0. The summed E-state index contributed by atoms with van der Waals surface area (Å²) in [6.45, 7) is 9.56. The molecule has 0 aromatic heterocycles. The van der Waals surface area contributed by atoms with Crippen LogP contribution in [0.25, 0.3) is 0 Å². The predicted octanol–water partition coefficient (Wildman–Crippen LogP) is 1.53. The zero-order chi connectivity index (χ0) is 12.5. The highest BCUT2D eigenvalue weighted by Gasteiger charge is 2.38. The van der Waals surface area contributed by atoms with Gasteiger partial charge in [-0.3, -0.25) is 4.90 Å². The number of nitrogens with zero attached hydrogens (tertiary/aromatic N) is 2. The quantitative estimate of drug-likeness (QED) is 0.811. The van der Waals surface area contributed by atoms with Crippen molar-refractivity contribution in [2.75, 3.05) is 33.2 Å². The van der Waals surface area contributed by atoms with Gasteiger partial charge in [0.25, 0.3) is 0 Å². The second-order valence-electron chi connectivity index (χ2n) is 6.43. The van der Waals surface area contributed by atoms with Crippen LogP contribution >= 0.6 is 0 Å². The monoisotopic (exact) mass is 239 g/mol. The second kappa shape index (κ2) is 5.25. The predicted molar refractivity (Wildman–Crippen MR) is 73.1 cm³/mol. The smallest absolute Gasteiger partial charge is 0.0218 e. The van der Waals surface area contributed by atoms with Crippen LogP contribution in [0, 0.1) is 5.41 Å². The fraction of sp³-hybridized carbons (Fsp3) is 1.00. The highest BCUT2D eigenvalue weighted by Crippen LogP contribution is 2.37. The van der Waals surface area contributed by atoms with E-state index in [1.165, 1.54) is 51.9 Å². The molecular weight excluding hydrogens is 210 g/mol. The molecule has 3 atom stereocenters. The third-order valence-electron chi connectivity index (χ3n) is 5.08. The molecule has 2 rings (SSSR count). The first kappa shape index (κ1) is 13.3. The fourth-order valence-corrected chi connectivity index (χ4v) is 3.56. The first-order valence-electron chi connectivity index (χ1n) is 7.23. The van der Waals surface area contributed by atoms with Gasteiger partial charge in [0, 0.05) is 38.3 Å². The Labute approximate surface area is 106 Å². The van der Waals surface area contributed by atoms with Gasteiger partial charge in [-0.25, -0.2) is 0 Å². The number of likely N-dealkylation sites (N-methyl/N-ethyl adjacent to an activating group) is 1. The number of piperazine rings is 1. The lowest BCUT2D eigenvalue weighted by molar-refractivity contribution is 0.0585. The van der Waals surface area contributed by atoms with E-state index in [4.69, 9.17) is 5.73 Å². The molecule has 0 amide bonds. The average molecular weight is 239 g/mol. The van der Waals surface area contributed by atoms with Gasteiger partial charge in [0.2, 0.25) is 0 Å². The highest BCUT2D eigenvalue weighted by atomic mass is 15.3. The normalized spacial score (nSPS) is 40.9. The zero-order valence-corrected chi connectivity index (χ0v) is 11.8. The number of rotatable bonds is 3. The highest BCUT2D eigenvalue weighted by molar-refractivity contribution is 4.94. The van der Waals surface area contributed by atoms with Gasteiger partial charge < -0.3 is 10.6 Å². The molecule has 1 heterocycles. The third-order valence-corrected chi connectivity index (χ3v) is 5.08. The lowest BCUT2D eigenvalue weighted by Gasteiger charge is -2.43. The molecule has 17 heavy (non-hydrogen) atoms. The Morgan fingerprint density at radius 1 is 1.35 bits per heavy atom. The zero-order valence-electron chi connectivity index (χ0n) is 11.8. The molecule has 0 spiro atoms. The lowest BCUT2D eigenvalue weighted by atomic mass is 9.84. The summed E-state index contributed by atoms with van der Waals surface area (Å²) in [5, 5.41) is 0. The molecule has 0 radical (unpaired) electrons. The maximum Gasteiger partial charge on any atom is 0.0218 e. The van der Waals surface area contributed by atoms with Crippen LogP contribution < -0.4 is 5.73 Å². The summed E-state index contributed by atoms with van der Waals surface area (Å²) in [5.41, 5.74) is 6.66. The van der Waals surface area contributed by atoms with E-state index in [0.717, 1.165) is 6.04 Å². The van der Waals surface area contributed by atoms with Crippen molar-refractivity contribution in [3.63, 3.8) is 0 Å². The molecule has 2 fully saturated rings. The van der Waals surface area contributed by atoms with Crippen LogP contribution in [0.3, 0.4) is 0 Å². The van der Waals surface area contributed by atoms with Crippen molar-refractivity contribution < 1.29 is 0 Å². The molecule has 3 heteroatoms. The van der Waals surface area contributed by atoms with E-state index in [1.807, 2.05) is 0 Å².